The predicted molar refractivity (Wildman–Crippen MR) is 108 cm³/mol. The number of carbonyl (C=O) groups is 4. The molecular formula is C18H30N2O6Si2. The fraction of sp³-hybridized carbons (Fsp3) is 0.667. The van der Waals surface area contributed by atoms with Crippen molar-refractivity contribution in [3.8, 4) is 0 Å². The van der Waals surface area contributed by atoms with Crippen LogP contribution in [0.15, 0.2) is 11.3 Å². The molecule has 10 heteroatoms. The number of nitrogens with zero attached hydrogens (tertiary/aromatic N) is 1. The Labute approximate surface area is 167 Å². The second-order valence-electron chi connectivity index (χ2n) is 9.18. The van der Waals surface area contributed by atoms with E-state index in [-0.39, 0.29) is 18.2 Å². The molecule has 0 unspecified atom stereocenters. The van der Waals surface area contributed by atoms with Crippen molar-refractivity contribution in [2.24, 2.45) is 0 Å². The minimum Gasteiger partial charge on any atom is -0.518 e. The van der Waals surface area contributed by atoms with Crippen molar-refractivity contribution >= 4 is 40.4 Å². The quantitative estimate of drug-likeness (QED) is 0.674. The highest BCUT2D eigenvalue weighted by Crippen LogP contribution is 2.37. The summed E-state index contributed by atoms with van der Waals surface area (Å²) in [5.41, 5.74) is 0.886. The molecule has 1 fully saturated rings. The fourth-order valence-corrected chi connectivity index (χ4v) is 4.78. The molecule has 2 atom stereocenters. The molecule has 1 saturated heterocycles. The lowest BCUT2D eigenvalue weighted by Crippen LogP contribution is -2.55. The first-order valence-corrected chi connectivity index (χ1v) is 16.3. The van der Waals surface area contributed by atoms with Crippen LogP contribution in [0.3, 0.4) is 0 Å². The van der Waals surface area contributed by atoms with Crippen molar-refractivity contribution in [3.63, 3.8) is 0 Å². The maximum absolute atomic E-state index is 13.0. The van der Waals surface area contributed by atoms with Crippen LogP contribution in [0.25, 0.3) is 0 Å². The van der Waals surface area contributed by atoms with Gasteiger partial charge in [0.05, 0.1) is 5.57 Å². The van der Waals surface area contributed by atoms with Gasteiger partial charge in [-0.15, -0.1) is 0 Å². The molecule has 2 amide bonds. The summed E-state index contributed by atoms with van der Waals surface area (Å²) >= 11 is 0. The van der Waals surface area contributed by atoms with Gasteiger partial charge in [-0.1, -0.05) is 0 Å². The Morgan fingerprint density at radius 2 is 1.61 bits per heavy atom. The van der Waals surface area contributed by atoms with Gasteiger partial charge < -0.3 is 14.2 Å². The third kappa shape index (κ3) is 5.31. The molecule has 2 aliphatic rings. The highest BCUT2D eigenvalue weighted by atomic mass is 28.4. The van der Waals surface area contributed by atoms with Gasteiger partial charge in [-0.3, -0.25) is 19.3 Å². The number of allylic oxidation sites excluding steroid dienone is 1. The molecule has 156 valence electrons. The molecule has 0 aromatic rings. The van der Waals surface area contributed by atoms with Crippen molar-refractivity contribution < 1.29 is 28.0 Å². The zero-order valence-electron chi connectivity index (χ0n) is 17.7. The van der Waals surface area contributed by atoms with E-state index in [4.69, 9.17) is 8.85 Å². The first kappa shape index (κ1) is 22.3. The number of nitrogens with one attached hydrogen (secondary N) is 1. The summed E-state index contributed by atoms with van der Waals surface area (Å²) in [6.45, 7) is 12.7. The minimum absolute atomic E-state index is 0.0728. The van der Waals surface area contributed by atoms with E-state index in [0.717, 1.165) is 0 Å². The summed E-state index contributed by atoms with van der Waals surface area (Å²) in [5, 5.41) is 2.60. The maximum Gasteiger partial charge on any atom is 0.322 e. The van der Waals surface area contributed by atoms with Gasteiger partial charge >= 0.3 is 11.9 Å². The predicted octanol–water partition coefficient (Wildman–Crippen LogP) is 1.90. The molecule has 0 saturated carbocycles. The van der Waals surface area contributed by atoms with E-state index in [0.29, 0.717) is 24.1 Å². The number of carbonyl (C=O) groups excluding carboxylic acids is 4. The van der Waals surface area contributed by atoms with Crippen LogP contribution in [-0.2, 0) is 28.0 Å². The van der Waals surface area contributed by atoms with Crippen LogP contribution >= 0.6 is 0 Å². The van der Waals surface area contributed by atoms with Crippen LogP contribution in [0, 0.1) is 0 Å². The average Bonchev–Trinajstić information content (AvgIpc) is 2.91. The molecule has 2 heterocycles. The molecule has 0 spiro atoms. The van der Waals surface area contributed by atoms with Gasteiger partial charge in [0.25, 0.3) is 0 Å². The van der Waals surface area contributed by atoms with E-state index in [1.54, 1.807) is 0 Å². The Morgan fingerprint density at radius 3 is 2.11 bits per heavy atom. The lowest BCUT2D eigenvalue weighted by molar-refractivity contribution is -0.147. The van der Waals surface area contributed by atoms with Crippen LogP contribution in [0.4, 0.5) is 0 Å². The number of hydrogen-bond acceptors (Lipinski definition) is 6. The van der Waals surface area contributed by atoms with Gasteiger partial charge in [-0.2, -0.15) is 0 Å². The molecule has 0 bridgehead atoms. The lowest BCUT2D eigenvalue weighted by Gasteiger charge is -2.35. The smallest absolute Gasteiger partial charge is 0.322 e. The van der Waals surface area contributed by atoms with E-state index in [1.807, 2.05) is 39.3 Å². The molecule has 28 heavy (non-hydrogen) atoms. The van der Waals surface area contributed by atoms with Crippen molar-refractivity contribution in [2.75, 3.05) is 0 Å². The van der Waals surface area contributed by atoms with Crippen molar-refractivity contribution in [1.29, 1.82) is 0 Å². The fourth-order valence-electron chi connectivity index (χ4n) is 3.36. The molecule has 1 N–H and O–H groups in total. The largest absolute Gasteiger partial charge is 0.518 e. The van der Waals surface area contributed by atoms with Crippen molar-refractivity contribution in [2.45, 2.75) is 77.6 Å². The summed E-state index contributed by atoms with van der Waals surface area (Å²) in [4.78, 5) is 51.4. The Kier molecular flexibility index (Phi) is 6.24. The SMILES string of the molecule is CC(=O)N[C@H]1CC(C(=O)O[Si](C)(C)C)=C2CC[C@@H](C(=O)O[Si](C)(C)C)N2C1=O. The Morgan fingerprint density at radius 1 is 1.04 bits per heavy atom. The summed E-state index contributed by atoms with van der Waals surface area (Å²) in [6.07, 6.45) is 0.879. The topological polar surface area (TPSA) is 102 Å². The molecule has 0 aliphatic carbocycles. The van der Waals surface area contributed by atoms with Crippen LogP contribution < -0.4 is 5.32 Å². The second kappa shape index (κ2) is 7.82. The Hall–Kier alpha value is -1.95. The molecule has 0 aromatic carbocycles. The van der Waals surface area contributed by atoms with Crippen LogP contribution in [-0.4, -0.2) is 57.4 Å². The molecular weight excluding hydrogens is 396 g/mol. The van der Waals surface area contributed by atoms with Gasteiger partial charge in [0.15, 0.2) is 0 Å². The van der Waals surface area contributed by atoms with Crippen LogP contribution in [0.2, 0.25) is 39.3 Å². The molecule has 8 nitrogen and oxygen atoms in total. The van der Waals surface area contributed by atoms with E-state index in [1.165, 1.54) is 11.8 Å². The summed E-state index contributed by atoms with van der Waals surface area (Å²) in [6, 6.07) is -1.67. The highest BCUT2D eigenvalue weighted by Gasteiger charge is 2.48. The second-order valence-corrected chi connectivity index (χ2v) is 18.0. The van der Waals surface area contributed by atoms with E-state index in [2.05, 4.69) is 5.32 Å². The van der Waals surface area contributed by atoms with Gasteiger partial charge in [0.1, 0.15) is 12.1 Å². The van der Waals surface area contributed by atoms with Crippen LogP contribution in [0.1, 0.15) is 26.2 Å². The summed E-state index contributed by atoms with van der Waals surface area (Å²) in [7, 11) is -4.29. The lowest BCUT2D eigenvalue weighted by atomic mass is 9.97. The van der Waals surface area contributed by atoms with Gasteiger partial charge in [-0.05, 0) is 52.1 Å². The molecule has 2 aliphatic heterocycles. The third-order valence-corrected chi connectivity index (χ3v) is 5.86. The molecule has 0 aromatic heterocycles. The minimum atomic E-state index is -2.15. The number of hydrogen-bond donors (Lipinski definition) is 1. The van der Waals surface area contributed by atoms with Crippen molar-refractivity contribution in [1.82, 2.24) is 10.2 Å². The Bertz CT molecular complexity index is 735. The average molecular weight is 427 g/mol. The first-order valence-electron chi connectivity index (χ1n) is 9.48. The first-order chi connectivity index (χ1) is 12.7. The van der Waals surface area contributed by atoms with Gasteiger partial charge in [0, 0.05) is 19.0 Å². The molecule has 0 radical (unpaired) electrons. The molecule has 2 rings (SSSR count). The third-order valence-electron chi connectivity index (χ3n) is 4.25. The summed E-state index contributed by atoms with van der Waals surface area (Å²) < 4.78 is 11.2. The zero-order valence-corrected chi connectivity index (χ0v) is 19.7. The number of fused-ring (bicyclic) bond motifs is 1. The van der Waals surface area contributed by atoms with Gasteiger partial charge in [0.2, 0.25) is 28.4 Å². The normalized spacial score (nSPS) is 22.7. The summed E-state index contributed by atoms with van der Waals surface area (Å²) in [5.74, 6) is -1.69. The monoisotopic (exact) mass is 426 g/mol. The maximum atomic E-state index is 13.0. The standard InChI is InChI=1S/C18H30N2O6Si2/c1-11(21)19-13-10-12(17(23)25-27(2,3)4)14-8-9-15(20(14)16(13)22)18(24)26-28(5,6)7/h13,15H,8-10H2,1-7H3,(H,19,21)/t13-,15-/m0/s1. The van der Waals surface area contributed by atoms with E-state index >= 15 is 0 Å². The zero-order chi connectivity index (χ0) is 21.4. The van der Waals surface area contributed by atoms with Gasteiger partial charge in [-0.25, -0.2) is 4.79 Å². The highest BCUT2D eigenvalue weighted by molar-refractivity contribution is 6.71. The Balaban J connectivity index is 2.41. The van der Waals surface area contributed by atoms with Crippen molar-refractivity contribution in [3.05, 3.63) is 11.3 Å². The number of amides is 2. The van der Waals surface area contributed by atoms with Crippen LogP contribution in [0.5, 0.6) is 0 Å². The van der Waals surface area contributed by atoms with E-state index in [9.17, 15) is 19.2 Å². The number of rotatable bonds is 5. The van der Waals surface area contributed by atoms with E-state index < -0.39 is 40.7 Å².